The van der Waals surface area contributed by atoms with Crippen LogP contribution in [0.25, 0.3) is 0 Å². The van der Waals surface area contributed by atoms with Gasteiger partial charge in [0.25, 0.3) is 0 Å². The molecule has 0 aliphatic rings. The van der Waals surface area contributed by atoms with Gasteiger partial charge in [-0.3, -0.25) is 0 Å². The number of halogens is 3. The van der Waals surface area contributed by atoms with Crippen molar-refractivity contribution in [1.29, 1.82) is 0 Å². The van der Waals surface area contributed by atoms with Crippen LogP contribution >= 0.6 is 11.3 Å². The second-order valence-electron chi connectivity index (χ2n) is 3.55. The predicted octanol–water partition coefficient (Wildman–Crippen LogP) is 2.59. The fourth-order valence-corrected chi connectivity index (χ4v) is 1.92. The molecule has 1 atom stereocenters. The Bertz CT molecular complexity index is 287. The molecule has 2 nitrogen and oxygen atoms in total. The Labute approximate surface area is 96.2 Å². The first-order valence-corrected chi connectivity index (χ1v) is 5.83. The lowest BCUT2D eigenvalue weighted by Gasteiger charge is -2.11. The van der Waals surface area contributed by atoms with E-state index in [1.165, 1.54) is 0 Å². The topological polar surface area (TPSA) is 35.2 Å². The van der Waals surface area contributed by atoms with E-state index in [0.717, 1.165) is 5.56 Å². The Balaban J connectivity index is 2.09. The van der Waals surface area contributed by atoms with Crippen molar-refractivity contribution in [2.24, 2.45) is 5.73 Å². The van der Waals surface area contributed by atoms with Crippen molar-refractivity contribution in [2.45, 2.75) is 25.1 Å². The summed E-state index contributed by atoms with van der Waals surface area (Å²) in [6, 6.07) is 1.81. The Kier molecular flexibility index (Phi) is 5.24. The van der Waals surface area contributed by atoms with E-state index in [4.69, 9.17) is 5.73 Å². The third-order valence-corrected chi connectivity index (χ3v) is 2.71. The summed E-state index contributed by atoms with van der Waals surface area (Å²) in [4.78, 5) is 0. The van der Waals surface area contributed by atoms with Crippen LogP contribution in [0.2, 0.25) is 0 Å². The Morgan fingerprint density at radius 3 is 2.75 bits per heavy atom. The van der Waals surface area contributed by atoms with Gasteiger partial charge < -0.3 is 10.5 Å². The standard InChI is InChI=1S/C10H14F3NOS/c11-10(12,13)7-15-3-1-9(14)5-8-2-4-16-6-8/h2,4,6,9H,1,3,5,7,14H2. The van der Waals surface area contributed by atoms with E-state index in [-0.39, 0.29) is 12.6 Å². The highest BCUT2D eigenvalue weighted by atomic mass is 32.1. The molecule has 1 unspecified atom stereocenters. The normalized spacial score (nSPS) is 14.0. The molecule has 1 aromatic rings. The lowest BCUT2D eigenvalue weighted by Crippen LogP contribution is -2.26. The molecular formula is C10H14F3NOS. The van der Waals surface area contributed by atoms with Crippen LogP contribution in [0.3, 0.4) is 0 Å². The van der Waals surface area contributed by atoms with E-state index in [1.54, 1.807) is 11.3 Å². The molecule has 0 aliphatic heterocycles. The molecule has 1 rings (SSSR count). The molecule has 1 heterocycles. The minimum atomic E-state index is -4.25. The van der Waals surface area contributed by atoms with Crippen molar-refractivity contribution < 1.29 is 17.9 Å². The van der Waals surface area contributed by atoms with Gasteiger partial charge in [0, 0.05) is 12.6 Å². The number of alkyl halides is 3. The number of thiophene rings is 1. The van der Waals surface area contributed by atoms with Crippen molar-refractivity contribution in [1.82, 2.24) is 0 Å². The molecule has 0 fully saturated rings. The molecule has 0 spiro atoms. The van der Waals surface area contributed by atoms with E-state index < -0.39 is 12.8 Å². The molecule has 0 bridgehead atoms. The van der Waals surface area contributed by atoms with Crippen LogP contribution in [0.5, 0.6) is 0 Å². The lowest BCUT2D eigenvalue weighted by molar-refractivity contribution is -0.174. The summed E-state index contributed by atoms with van der Waals surface area (Å²) in [5.74, 6) is 0. The summed E-state index contributed by atoms with van der Waals surface area (Å²) in [5, 5.41) is 3.93. The summed E-state index contributed by atoms with van der Waals surface area (Å²) in [5.41, 5.74) is 6.88. The van der Waals surface area contributed by atoms with Crippen LogP contribution in [-0.4, -0.2) is 25.4 Å². The monoisotopic (exact) mass is 253 g/mol. The van der Waals surface area contributed by atoms with Crippen molar-refractivity contribution in [3.63, 3.8) is 0 Å². The van der Waals surface area contributed by atoms with E-state index >= 15 is 0 Å². The Hall–Kier alpha value is -0.590. The number of hydrogen-bond acceptors (Lipinski definition) is 3. The SMILES string of the molecule is NC(CCOCC(F)(F)F)Cc1ccsc1. The quantitative estimate of drug-likeness (QED) is 0.791. The first-order valence-electron chi connectivity index (χ1n) is 4.88. The predicted molar refractivity (Wildman–Crippen MR) is 57.5 cm³/mol. The molecule has 2 N–H and O–H groups in total. The largest absolute Gasteiger partial charge is 0.411 e. The fraction of sp³-hybridized carbons (Fsp3) is 0.600. The van der Waals surface area contributed by atoms with Crippen LogP contribution < -0.4 is 5.73 Å². The second-order valence-corrected chi connectivity index (χ2v) is 4.33. The zero-order valence-corrected chi connectivity index (χ0v) is 9.48. The minimum Gasteiger partial charge on any atom is -0.372 e. The van der Waals surface area contributed by atoms with Gasteiger partial charge in [0.05, 0.1) is 0 Å². The molecule has 0 aliphatic carbocycles. The van der Waals surface area contributed by atoms with Gasteiger partial charge in [0.2, 0.25) is 0 Å². The Morgan fingerprint density at radius 1 is 1.44 bits per heavy atom. The summed E-state index contributed by atoms with van der Waals surface area (Å²) in [7, 11) is 0. The minimum absolute atomic E-state index is 0.0464. The van der Waals surface area contributed by atoms with Gasteiger partial charge in [-0.15, -0.1) is 0 Å². The van der Waals surface area contributed by atoms with Crippen LogP contribution in [0, 0.1) is 0 Å². The van der Waals surface area contributed by atoms with E-state index in [2.05, 4.69) is 4.74 Å². The van der Waals surface area contributed by atoms with Crippen LogP contribution in [-0.2, 0) is 11.2 Å². The van der Waals surface area contributed by atoms with E-state index in [9.17, 15) is 13.2 Å². The fourth-order valence-electron chi connectivity index (χ4n) is 1.24. The molecule has 0 saturated heterocycles. The summed E-state index contributed by atoms with van der Waals surface area (Å²) in [6.45, 7) is -1.15. The van der Waals surface area contributed by atoms with Gasteiger partial charge in [0.15, 0.2) is 0 Å². The maximum atomic E-state index is 11.7. The summed E-state index contributed by atoms with van der Waals surface area (Å²) >= 11 is 1.58. The Morgan fingerprint density at radius 2 is 2.19 bits per heavy atom. The smallest absolute Gasteiger partial charge is 0.372 e. The first-order chi connectivity index (χ1) is 7.47. The molecule has 92 valence electrons. The average molecular weight is 253 g/mol. The van der Waals surface area contributed by atoms with Gasteiger partial charge in [-0.1, -0.05) is 0 Å². The second kappa shape index (κ2) is 6.22. The maximum absolute atomic E-state index is 11.7. The van der Waals surface area contributed by atoms with Gasteiger partial charge in [-0.2, -0.15) is 24.5 Å². The van der Waals surface area contributed by atoms with Crippen molar-refractivity contribution in [3.8, 4) is 0 Å². The average Bonchev–Trinajstić information content (AvgIpc) is 2.63. The molecular weight excluding hydrogens is 239 g/mol. The zero-order valence-electron chi connectivity index (χ0n) is 8.67. The van der Waals surface area contributed by atoms with E-state index in [1.807, 2.05) is 16.8 Å². The molecule has 16 heavy (non-hydrogen) atoms. The van der Waals surface area contributed by atoms with Crippen LogP contribution in [0.15, 0.2) is 16.8 Å². The molecule has 0 radical (unpaired) electrons. The molecule has 0 amide bonds. The van der Waals surface area contributed by atoms with Crippen molar-refractivity contribution in [2.75, 3.05) is 13.2 Å². The third-order valence-electron chi connectivity index (χ3n) is 1.98. The van der Waals surface area contributed by atoms with Crippen molar-refractivity contribution >= 4 is 11.3 Å². The first kappa shape index (κ1) is 13.5. The molecule has 0 saturated carbocycles. The van der Waals surface area contributed by atoms with Gasteiger partial charge in [-0.25, -0.2) is 0 Å². The molecule has 1 aromatic heterocycles. The lowest BCUT2D eigenvalue weighted by atomic mass is 10.1. The number of hydrogen-bond donors (Lipinski definition) is 1. The molecule has 0 aromatic carbocycles. The van der Waals surface area contributed by atoms with Gasteiger partial charge in [-0.05, 0) is 35.2 Å². The maximum Gasteiger partial charge on any atom is 0.411 e. The highest BCUT2D eigenvalue weighted by Gasteiger charge is 2.27. The third kappa shape index (κ3) is 6.09. The van der Waals surface area contributed by atoms with Crippen LogP contribution in [0.1, 0.15) is 12.0 Å². The van der Waals surface area contributed by atoms with Gasteiger partial charge in [0.1, 0.15) is 6.61 Å². The van der Waals surface area contributed by atoms with E-state index in [0.29, 0.717) is 12.8 Å². The summed E-state index contributed by atoms with van der Waals surface area (Å²) < 4.78 is 39.7. The van der Waals surface area contributed by atoms with Gasteiger partial charge >= 0.3 is 6.18 Å². The highest BCUT2D eigenvalue weighted by molar-refractivity contribution is 7.07. The van der Waals surface area contributed by atoms with Crippen LogP contribution in [0.4, 0.5) is 13.2 Å². The summed E-state index contributed by atoms with van der Waals surface area (Å²) in [6.07, 6.45) is -3.14. The number of nitrogens with two attached hydrogens (primary N) is 1. The molecule has 6 heteroatoms. The zero-order chi connectivity index (χ0) is 12.0. The highest BCUT2D eigenvalue weighted by Crippen LogP contribution is 2.15. The number of rotatable bonds is 6. The number of ether oxygens (including phenoxy) is 1. The van der Waals surface area contributed by atoms with Crippen molar-refractivity contribution in [3.05, 3.63) is 22.4 Å².